The lowest BCUT2D eigenvalue weighted by Gasteiger charge is -2.26. The van der Waals surface area contributed by atoms with Crippen molar-refractivity contribution in [3.63, 3.8) is 0 Å². The summed E-state index contributed by atoms with van der Waals surface area (Å²) in [6.45, 7) is 3.66. The van der Waals surface area contributed by atoms with Crippen molar-refractivity contribution in [2.24, 2.45) is 0 Å². The van der Waals surface area contributed by atoms with Crippen LogP contribution in [0.25, 0.3) is 0 Å². The molecule has 6 heteroatoms. The highest BCUT2D eigenvalue weighted by atomic mass is 16.7. The van der Waals surface area contributed by atoms with Crippen molar-refractivity contribution in [1.82, 2.24) is 0 Å². The van der Waals surface area contributed by atoms with Crippen molar-refractivity contribution >= 4 is 0 Å². The van der Waals surface area contributed by atoms with Gasteiger partial charge in [0.1, 0.15) is 30.2 Å². The summed E-state index contributed by atoms with van der Waals surface area (Å²) in [7, 11) is 2.93. The molecule has 0 bridgehead atoms. The lowest BCUT2D eigenvalue weighted by Crippen LogP contribution is -2.41. The van der Waals surface area contributed by atoms with Gasteiger partial charge < -0.3 is 29.5 Å². The molecule has 0 aromatic heterocycles. The molecule has 0 amide bonds. The second-order valence-electron chi connectivity index (χ2n) is 4.20. The zero-order valence-corrected chi connectivity index (χ0v) is 10.5. The SMILES string of the molecule is COC(=C(C)C)[C@@H](OC)[C@H]1O[C@H](O)[C@H](O)[C@H]1O. The third kappa shape index (κ3) is 2.78. The van der Waals surface area contributed by atoms with Gasteiger partial charge in [-0.05, 0) is 19.4 Å². The second kappa shape index (κ2) is 5.79. The predicted molar refractivity (Wildman–Crippen MR) is 59.1 cm³/mol. The molecular formula is C11H20O6. The van der Waals surface area contributed by atoms with Crippen LogP contribution in [0.2, 0.25) is 0 Å². The molecule has 0 saturated carbocycles. The van der Waals surface area contributed by atoms with Crippen molar-refractivity contribution in [1.29, 1.82) is 0 Å². The Labute approximate surface area is 100 Å². The average Bonchev–Trinajstić information content (AvgIpc) is 2.53. The van der Waals surface area contributed by atoms with Crippen LogP contribution in [0.4, 0.5) is 0 Å². The van der Waals surface area contributed by atoms with E-state index in [2.05, 4.69) is 0 Å². The lowest BCUT2D eigenvalue weighted by molar-refractivity contribution is -0.149. The normalized spacial score (nSPS) is 34.5. The van der Waals surface area contributed by atoms with Crippen LogP contribution in [0.3, 0.4) is 0 Å². The third-order valence-electron chi connectivity index (χ3n) is 2.80. The van der Waals surface area contributed by atoms with Gasteiger partial charge in [-0.1, -0.05) is 0 Å². The Balaban J connectivity index is 2.93. The highest BCUT2D eigenvalue weighted by molar-refractivity contribution is 5.13. The van der Waals surface area contributed by atoms with Crippen LogP contribution in [-0.2, 0) is 14.2 Å². The van der Waals surface area contributed by atoms with E-state index in [1.54, 1.807) is 0 Å². The predicted octanol–water partition coefficient (Wildman–Crippen LogP) is -0.619. The van der Waals surface area contributed by atoms with Crippen LogP contribution in [0.5, 0.6) is 0 Å². The van der Waals surface area contributed by atoms with Crippen molar-refractivity contribution in [2.75, 3.05) is 14.2 Å². The van der Waals surface area contributed by atoms with Crippen molar-refractivity contribution < 1.29 is 29.5 Å². The van der Waals surface area contributed by atoms with Gasteiger partial charge in [0, 0.05) is 7.11 Å². The van der Waals surface area contributed by atoms with Crippen LogP contribution in [0, 0.1) is 0 Å². The Morgan fingerprint density at radius 2 is 1.71 bits per heavy atom. The number of hydrogen-bond donors (Lipinski definition) is 3. The van der Waals surface area contributed by atoms with Gasteiger partial charge in [-0.2, -0.15) is 0 Å². The maximum Gasteiger partial charge on any atom is 0.184 e. The van der Waals surface area contributed by atoms with Crippen molar-refractivity contribution in [3.05, 3.63) is 11.3 Å². The average molecular weight is 248 g/mol. The zero-order chi connectivity index (χ0) is 13.2. The molecule has 6 nitrogen and oxygen atoms in total. The van der Waals surface area contributed by atoms with E-state index in [9.17, 15) is 15.3 Å². The third-order valence-corrected chi connectivity index (χ3v) is 2.80. The Morgan fingerprint density at radius 3 is 2.00 bits per heavy atom. The molecule has 0 aliphatic carbocycles. The van der Waals surface area contributed by atoms with Gasteiger partial charge in [0.05, 0.1) is 7.11 Å². The Hall–Kier alpha value is -0.660. The molecule has 0 aromatic carbocycles. The summed E-state index contributed by atoms with van der Waals surface area (Å²) in [5, 5.41) is 28.5. The minimum atomic E-state index is -1.41. The summed E-state index contributed by atoms with van der Waals surface area (Å²) in [4.78, 5) is 0. The quantitative estimate of drug-likeness (QED) is 0.575. The molecule has 17 heavy (non-hydrogen) atoms. The number of hydrogen-bond acceptors (Lipinski definition) is 6. The Kier molecular flexibility index (Phi) is 4.91. The summed E-state index contributed by atoms with van der Waals surface area (Å²) in [5.74, 6) is 0.512. The first-order valence-corrected chi connectivity index (χ1v) is 5.37. The molecule has 0 unspecified atom stereocenters. The molecule has 1 fully saturated rings. The minimum absolute atomic E-state index is 0.512. The lowest BCUT2D eigenvalue weighted by atomic mass is 10.0. The second-order valence-corrected chi connectivity index (χ2v) is 4.20. The van der Waals surface area contributed by atoms with E-state index in [1.807, 2.05) is 13.8 Å². The number of aliphatic hydroxyl groups excluding tert-OH is 3. The maximum absolute atomic E-state index is 9.76. The van der Waals surface area contributed by atoms with Gasteiger partial charge in [-0.3, -0.25) is 0 Å². The number of aliphatic hydroxyl groups is 3. The summed E-state index contributed by atoms with van der Waals surface area (Å²) in [6, 6.07) is 0. The highest BCUT2D eigenvalue weighted by Crippen LogP contribution is 2.28. The summed E-state index contributed by atoms with van der Waals surface area (Å²) >= 11 is 0. The van der Waals surface area contributed by atoms with Gasteiger partial charge in [0.15, 0.2) is 6.29 Å². The van der Waals surface area contributed by atoms with E-state index >= 15 is 0 Å². The van der Waals surface area contributed by atoms with Gasteiger partial charge in [-0.15, -0.1) is 0 Å². The van der Waals surface area contributed by atoms with Crippen LogP contribution in [-0.4, -0.2) is 60.2 Å². The molecule has 1 rings (SSSR count). The van der Waals surface area contributed by atoms with E-state index in [0.717, 1.165) is 5.57 Å². The van der Waals surface area contributed by atoms with Crippen molar-refractivity contribution in [3.8, 4) is 0 Å². The van der Waals surface area contributed by atoms with E-state index in [1.165, 1.54) is 14.2 Å². The first-order chi connectivity index (χ1) is 7.93. The van der Waals surface area contributed by atoms with Gasteiger partial charge in [-0.25, -0.2) is 0 Å². The van der Waals surface area contributed by atoms with Gasteiger partial charge >= 0.3 is 0 Å². The van der Waals surface area contributed by atoms with E-state index in [4.69, 9.17) is 14.2 Å². The fourth-order valence-electron chi connectivity index (χ4n) is 1.93. The van der Waals surface area contributed by atoms with Gasteiger partial charge in [0.25, 0.3) is 0 Å². The first kappa shape index (κ1) is 14.4. The Morgan fingerprint density at radius 1 is 1.12 bits per heavy atom. The highest BCUT2D eigenvalue weighted by Gasteiger charge is 2.47. The largest absolute Gasteiger partial charge is 0.498 e. The zero-order valence-electron chi connectivity index (χ0n) is 10.5. The molecule has 1 heterocycles. The Bertz CT molecular complexity index is 286. The maximum atomic E-state index is 9.76. The standard InChI is InChI=1S/C11H20O6/c1-5(2)8(15-3)10(16-4)9-6(12)7(13)11(14)17-9/h6-7,9-14H,1-4H3/t6-,7-,9+,10-,11+/m1/s1. The van der Waals surface area contributed by atoms with E-state index < -0.39 is 30.7 Å². The number of ether oxygens (including phenoxy) is 3. The number of methoxy groups -OCH3 is 2. The monoisotopic (exact) mass is 248 g/mol. The minimum Gasteiger partial charge on any atom is -0.498 e. The molecule has 100 valence electrons. The fraction of sp³-hybridized carbons (Fsp3) is 0.818. The molecule has 0 spiro atoms. The number of rotatable bonds is 4. The first-order valence-electron chi connectivity index (χ1n) is 5.37. The fourth-order valence-corrected chi connectivity index (χ4v) is 1.93. The topological polar surface area (TPSA) is 88.4 Å². The summed E-state index contributed by atoms with van der Waals surface area (Å²) in [5.41, 5.74) is 0.867. The van der Waals surface area contributed by atoms with Gasteiger partial charge in [0.2, 0.25) is 0 Å². The molecule has 1 saturated heterocycles. The number of allylic oxidation sites excluding steroid dienone is 1. The molecule has 5 atom stereocenters. The van der Waals surface area contributed by atoms with E-state index in [0.29, 0.717) is 5.76 Å². The molecule has 3 N–H and O–H groups in total. The van der Waals surface area contributed by atoms with Crippen molar-refractivity contribution in [2.45, 2.75) is 44.6 Å². The smallest absolute Gasteiger partial charge is 0.184 e. The summed E-state index contributed by atoms with van der Waals surface area (Å²) in [6.07, 6.45) is -5.52. The molecule has 1 aliphatic rings. The molecule has 0 radical (unpaired) electrons. The summed E-state index contributed by atoms with van der Waals surface area (Å²) < 4.78 is 15.5. The molecule has 0 aromatic rings. The van der Waals surface area contributed by atoms with Crippen LogP contribution >= 0.6 is 0 Å². The van der Waals surface area contributed by atoms with Crippen LogP contribution < -0.4 is 0 Å². The molecule has 1 aliphatic heterocycles. The van der Waals surface area contributed by atoms with E-state index in [-0.39, 0.29) is 0 Å². The van der Waals surface area contributed by atoms with Crippen LogP contribution in [0.15, 0.2) is 11.3 Å². The molecular weight excluding hydrogens is 228 g/mol. The van der Waals surface area contributed by atoms with Crippen LogP contribution in [0.1, 0.15) is 13.8 Å².